The van der Waals surface area contributed by atoms with Crippen LogP contribution in [0.3, 0.4) is 0 Å². The highest BCUT2D eigenvalue weighted by atomic mass is 35.5. The first-order valence-corrected chi connectivity index (χ1v) is 7.82. The third kappa shape index (κ3) is 5.93. The molecule has 2 atom stereocenters. The van der Waals surface area contributed by atoms with Crippen LogP contribution in [0.15, 0.2) is 24.3 Å². The van der Waals surface area contributed by atoms with Crippen molar-refractivity contribution in [2.45, 2.75) is 51.6 Å². The van der Waals surface area contributed by atoms with Gasteiger partial charge < -0.3 is 10.6 Å². The molecule has 0 bridgehead atoms. The van der Waals surface area contributed by atoms with Gasteiger partial charge in [-0.3, -0.25) is 4.79 Å². The van der Waals surface area contributed by atoms with Crippen LogP contribution >= 0.6 is 12.4 Å². The second kappa shape index (κ2) is 9.11. The summed E-state index contributed by atoms with van der Waals surface area (Å²) in [6, 6.07) is 6.92. The summed E-state index contributed by atoms with van der Waals surface area (Å²) in [5.41, 5.74) is 1.05. The second-order valence-corrected chi connectivity index (χ2v) is 6.25. The second-order valence-electron chi connectivity index (χ2n) is 6.25. The molecular weight excluding hydrogens is 303 g/mol. The van der Waals surface area contributed by atoms with Crippen LogP contribution in [0.1, 0.15) is 38.7 Å². The van der Waals surface area contributed by atoms with Crippen LogP contribution < -0.4 is 10.6 Å². The minimum Gasteiger partial charge on any atom is -0.353 e. The number of nitrogens with one attached hydrogen (secondary N) is 2. The topological polar surface area (TPSA) is 41.1 Å². The Labute approximate surface area is 138 Å². The summed E-state index contributed by atoms with van der Waals surface area (Å²) in [6.07, 6.45) is 3.52. The van der Waals surface area contributed by atoms with Gasteiger partial charge in [0.15, 0.2) is 0 Å². The molecule has 22 heavy (non-hydrogen) atoms. The fourth-order valence-electron chi connectivity index (χ4n) is 2.75. The normalized spacial score (nSPS) is 18.8. The SMILES string of the molecule is CC(C)C(Cc1ccc(F)cc1)NC(=O)CC1CCCN1.Cl. The number of hydrogen-bond donors (Lipinski definition) is 2. The van der Waals surface area contributed by atoms with E-state index in [9.17, 15) is 9.18 Å². The third-order valence-corrected chi connectivity index (χ3v) is 4.11. The predicted molar refractivity (Wildman–Crippen MR) is 89.8 cm³/mol. The molecule has 1 heterocycles. The highest BCUT2D eigenvalue weighted by Crippen LogP contribution is 2.13. The fraction of sp³-hybridized carbons (Fsp3) is 0.588. The van der Waals surface area contributed by atoms with Crippen molar-refractivity contribution in [2.24, 2.45) is 5.92 Å². The number of rotatable bonds is 6. The van der Waals surface area contributed by atoms with Crippen molar-refractivity contribution >= 4 is 18.3 Å². The summed E-state index contributed by atoms with van der Waals surface area (Å²) in [5.74, 6) is 0.224. The Morgan fingerprint density at radius 3 is 2.59 bits per heavy atom. The Kier molecular flexibility index (Phi) is 7.83. The van der Waals surface area contributed by atoms with E-state index in [2.05, 4.69) is 24.5 Å². The van der Waals surface area contributed by atoms with Gasteiger partial charge in [-0.25, -0.2) is 4.39 Å². The number of carbonyl (C=O) groups is 1. The maximum Gasteiger partial charge on any atom is 0.221 e. The van der Waals surface area contributed by atoms with Gasteiger partial charge in [0, 0.05) is 18.5 Å². The summed E-state index contributed by atoms with van der Waals surface area (Å²) in [4.78, 5) is 12.1. The van der Waals surface area contributed by atoms with Crippen molar-refractivity contribution in [3.8, 4) is 0 Å². The van der Waals surface area contributed by atoms with Crippen LogP contribution in [0.2, 0.25) is 0 Å². The molecule has 5 heteroatoms. The first kappa shape index (κ1) is 18.9. The zero-order chi connectivity index (χ0) is 15.2. The first-order valence-electron chi connectivity index (χ1n) is 7.82. The molecule has 1 aromatic carbocycles. The summed E-state index contributed by atoms with van der Waals surface area (Å²) in [7, 11) is 0. The standard InChI is InChI=1S/C17H25FN2O.ClH/c1-12(2)16(10-13-5-7-14(18)8-6-13)20-17(21)11-15-4-3-9-19-15;/h5-8,12,15-16,19H,3-4,9-11H2,1-2H3,(H,20,21);1H. The molecule has 1 aliphatic rings. The van der Waals surface area contributed by atoms with E-state index in [1.807, 2.05) is 0 Å². The highest BCUT2D eigenvalue weighted by Gasteiger charge is 2.21. The molecule has 0 aliphatic carbocycles. The molecule has 1 aliphatic heterocycles. The van der Waals surface area contributed by atoms with Crippen molar-refractivity contribution in [3.05, 3.63) is 35.6 Å². The summed E-state index contributed by atoms with van der Waals surface area (Å²) >= 11 is 0. The highest BCUT2D eigenvalue weighted by molar-refractivity contribution is 5.85. The molecule has 3 nitrogen and oxygen atoms in total. The molecule has 124 valence electrons. The zero-order valence-corrected chi connectivity index (χ0v) is 14.1. The largest absolute Gasteiger partial charge is 0.353 e. The summed E-state index contributed by atoms with van der Waals surface area (Å²) < 4.78 is 12.9. The Morgan fingerprint density at radius 2 is 2.05 bits per heavy atom. The summed E-state index contributed by atoms with van der Waals surface area (Å²) in [6.45, 7) is 5.21. The molecule has 1 aromatic rings. The molecular formula is C17H26ClFN2O. The van der Waals surface area contributed by atoms with Gasteiger partial charge >= 0.3 is 0 Å². The van der Waals surface area contributed by atoms with Gasteiger partial charge in [0.1, 0.15) is 5.82 Å². The van der Waals surface area contributed by atoms with Gasteiger partial charge in [-0.05, 0) is 49.4 Å². The number of halogens is 2. The average Bonchev–Trinajstić information content (AvgIpc) is 2.93. The molecule has 0 spiro atoms. The monoisotopic (exact) mass is 328 g/mol. The molecule has 0 saturated carbocycles. The number of amides is 1. The van der Waals surface area contributed by atoms with E-state index < -0.39 is 0 Å². The van der Waals surface area contributed by atoms with E-state index in [0.717, 1.165) is 31.4 Å². The molecule has 1 amide bonds. The van der Waals surface area contributed by atoms with Crippen LogP contribution in [0.25, 0.3) is 0 Å². The maximum absolute atomic E-state index is 12.9. The van der Waals surface area contributed by atoms with Crippen molar-refractivity contribution in [2.75, 3.05) is 6.54 Å². The van der Waals surface area contributed by atoms with Crippen molar-refractivity contribution in [1.29, 1.82) is 0 Å². The van der Waals surface area contributed by atoms with Crippen LogP contribution in [0.5, 0.6) is 0 Å². The van der Waals surface area contributed by atoms with Crippen LogP contribution in [0, 0.1) is 11.7 Å². The van der Waals surface area contributed by atoms with Crippen molar-refractivity contribution in [1.82, 2.24) is 10.6 Å². The lowest BCUT2D eigenvalue weighted by molar-refractivity contribution is -0.122. The Morgan fingerprint density at radius 1 is 1.36 bits per heavy atom. The van der Waals surface area contributed by atoms with E-state index in [1.165, 1.54) is 12.1 Å². The van der Waals surface area contributed by atoms with Crippen LogP contribution in [-0.2, 0) is 11.2 Å². The molecule has 0 aromatic heterocycles. The van der Waals surface area contributed by atoms with E-state index >= 15 is 0 Å². The quantitative estimate of drug-likeness (QED) is 0.842. The smallest absolute Gasteiger partial charge is 0.221 e. The number of carbonyl (C=O) groups excluding carboxylic acids is 1. The van der Waals surface area contributed by atoms with E-state index in [-0.39, 0.29) is 30.2 Å². The van der Waals surface area contributed by atoms with Gasteiger partial charge in [0.25, 0.3) is 0 Å². The molecule has 0 radical (unpaired) electrons. The Bertz CT molecular complexity index is 458. The lowest BCUT2D eigenvalue weighted by Crippen LogP contribution is -2.42. The predicted octanol–water partition coefficient (Wildman–Crippen LogP) is 3.07. The van der Waals surface area contributed by atoms with Crippen LogP contribution in [0.4, 0.5) is 4.39 Å². The van der Waals surface area contributed by atoms with Crippen molar-refractivity contribution < 1.29 is 9.18 Å². The Balaban J connectivity index is 0.00000242. The lowest BCUT2D eigenvalue weighted by atomic mass is 9.96. The number of benzene rings is 1. The van der Waals surface area contributed by atoms with Gasteiger partial charge in [-0.15, -0.1) is 12.4 Å². The van der Waals surface area contributed by atoms with E-state index in [1.54, 1.807) is 12.1 Å². The fourth-order valence-corrected chi connectivity index (χ4v) is 2.75. The van der Waals surface area contributed by atoms with Crippen molar-refractivity contribution in [3.63, 3.8) is 0 Å². The average molecular weight is 329 g/mol. The molecule has 1 saturated heterocycles. The van der Waals surface area contributed by atoms with E-state index in [0.29, 0.717) is 18.4 Å². The number of hydrogen-bond acceptors (Lipinski definition) is 2. The minimum absolute atomic E-state index is 0. The lowest BCUT2D eigenvalue weighted by Gasteiger charge is -2.23. The maximum atomic E-state index is 12.9. The minimum atomic E-state index is -0.226. The molecule has 1 fully saturated rings. The molecule has 2 N–H and O–H groups in total. The molecule has 2 unspecified atom stereocenters. The van der Waals surface area contributed by atoms with Gasteiger partial charge in [-0.1, -0.05) is 26.0 Å². The third-order valence-electron chi connectivity index (χ3n) is 4.11. The molecule has 2 rings (SSSR count). The van der Waals surface area contributed by atoms with E-state index in [4.69, 9.17) is 0 Å². The van der Waals surface area contributed by atoms with Gasteiger partial charge in [-0.2, -0.15) is 0 Å². The Hall–Kier alpha value is -1.13. The first-order chi connectivity index (χ1) is 10.0. The van der Waals surface area contributed by atoms with Gasteiger partial charge in [0.05, 0.1) is 0 Å². The van der Waals surface area contributed by atoms with Crippen LogP contribution in [-0.4, -0.2) is 24.5 Å². The van der Waals surface area contributed by atoms with Gasteiger partial charge in [0.2, 0.25) is 5.91 Å². The summed E-state index contributed by atoms with van der Waals surface area (Å²) in [5, 5.41) is 6.48. The zero-order valence-electron chi connectivity index (χ0n) is 13.3.